The molecule has 43 heavy (non-hydrogen) atoms. The molecule has 0 bridgehead atoms. The summed E-state index contributed by atoms with van der Waals surface area (Å²) < 4.78 is 31.5. The number of carbonyl (C=O) groups is 3. The minimum absolute atomic E-state index is 0.0297. The van der Waals surface area contributed by atoms with E-state index in [1.807, 2.05) is 25.1 Å². The fourth-order valence-corrected chi connectivity index (χ4v) is 6.82. The zero-order valence-electron chi connectivity index (χ0n) is 24.1. The van der Waals surface area contributed by atoms with Crippen LogP contribution in [0.5, 0.6) is 5.75 Å². The third-order valence-electron chi connectivity index (χ3n) is 9.71. The highest BCUT2D eigenvalue weighted by atomic mass is 19.3. The number of likely N-dealkylation sites (tertiary alicyclic amines) is 2. The molecule has 1 unspecified atom stereocenters. The quantitative estimate of drug-likeness (QED) is 0.365. The summed E-state index contributed by atoms with van der Waals surface area (Å²) in [5.74, 6) is -6.30. The third-order valence-corrected chi connectivity index (χ3v) is 9.71. The van der Waals surface area contributed by atoms with E-state index in [2.05, 4.69) is 5.32 Å². The van der Waals surface area contributed by atoms with Crippen LogP contribution in [-0.4, -0.2) is 73.4 Å². The zero-order valence-corrected chi connectivity index (χ0v) is 24.1. The van der Waals surface area contributed by atoms with Crippen LogP contribution in [-0.2, 0) is 16.1 Å². The number of amides is 3. The predicted molar refractivity (Wildman–Crippen MR) is 153 cm³/mol. The molecule has 1 aliphatic carbocycles. The van der Waals surface area contributed by atoms with E-state index < -0.39 is 59.3 Å². The van der Waals surface area contributed by atoms with Gasteiger partial charge in [0.15, 0.2) is 6.10 Å². The van der Waals surface area contributed by atoms with Crippen molar-refractivity contribution in [2.75, 3.05) is 6.54 Å². The topological polar surface area (TPSA) is 110 Å². The number of fused-ring (bicyclic) bond motifs is 1. The summed E-state index contributed by atoms with van der Waals surface area (Å²) in [6.45, 7) is 3.62. The van der Waals surface area contributed by atoms with Crippen molar-refractivity contribution in [3.63, 3.8) is 0 Å². The van der Waals surface area contributed by atoms with Gasteiger partial charge >= 0.3 is 0 Å². The van der Waals surface area contributed by atoms with Crippen molar-refractivity contribution < 1.29 is 33.4 Å². The fraction of sp³-hybridized carbons (Fsp3) is 0.364. The zero-order chi connectivity index (χ0) is 30.9. The maximum absolute atomic E-state index is 15.7. The molecule has 3 aliphatic rings. The SMILES string of the molecule is Cc1ccccc1CN1C(=O)[C@H]2N(C(=O)[C@@H](O)[C@@]3(NC(=O)c4cccc(O)c4C)C[C@H]3c3ccccc3)CC(F)(F)C21C. The van der Waals surface area contributed by atoms with Crippen LogP contribution in [0.2, 0.25) is 0 Å². The van der Waals surface area contributed by atoms with Crippen molar-refractivity contribution >= 4 is 17.7 Å². The Morgan fingerprint density at radius 1 is 1.02 bits per heavy atom. The van der Waals surface area contributed by atoms with Crippen LogP contribution in [0, 0.1) is 13.8 Å². The van der Waals surface area contributed by atoms with Crippen LogP contribution in [0.3, 0.4) is 0 Å². The maximum Gasteiger partial charge on any atom is 0.290 e. The van der Waals surface area contributed by atoms with Crippen molar-refractivity contribution in [2.24, 2.45) is 0 Å². The van der Waals surface area contributed by atoms with E-state index in [4.69, 9.17) is 0 Å². The first-order valence-electron chi connectivity index (χ1n) is 14.2. The molecule has 0 aromatic heterocycles. The van der Waals surface area contributed by atoms with E-state index in [0.29, 0.717) is 5.56 Å². The van der Waals surface area contributed by atoms with Gasteiger partial charge in [-0.3, -0.25) is 14.4 Å². The number of rotatable bonds is 7. The molecule has 3 aromatic rings. The third kappa shape index (κ3) is 4.22. The fourth-order valence-electron chi connectivity index (χ4n) is 6.82. The monoisotopic (exact) mass is 589 g/mol. The summed E-state index contributed by atoms with van der Waals surface area (Å²) in [6, 6.07) is 19.2. The van der Waals surface area contributed by atoms with E-state index in [0.717, 1.165) is 26.5 Å². The Kier molecular flexibility index (Phi) is 6.61. The van der Waals surface area contributed by atoms with Gasteiger partial charge in [-0.25, -0.2) is 8.78 Å². The van der Waals surface area contributed by atoms with Gasteiger partial charge in [-0.1, -0.05) is 60.7 Å². The molecule has 2 saturated heterocycles. The number of aromatic hydroxyl groups is 1. The summed E-state index contributed by atoms with van der Waals surface area (Å²) in [7, 11) is 0. The summed E-state index contributed by atoms with van der Waals surface area (Å²) >= 11 is 0. The van der Waals surface area contributed by atoms with Crippen LogP contribution < -0.4 is 5.32 Å². The molecule has 1 saturated carbocycles. The lowest BCUT2D eigenvalue weighted by Crippen LogP contribution is -2.78. The number of phenolic OH excluding ortho intramolecular Hbond substituents is 1. The number of phenols is 1. The molecule has 10 heteroatoms. The second-order valence-corrected chi connectivity index (χ2v) is 12.1. The second-order valence-electron chi connectivity index (χ2n) is 12.1. The lowest BCUT2D eigenvalue weighted by atomic mass is 9.77. The Morgan fingerprint density at radius 2 is 1.70 bits per heavy atom. The smallest absolute Gasteiger partial charge is 0.290 e. The number of hydrogen-bond acceptors (Lipinski definition) is 5. The highest BCUT2D eigenvalue weighted by molar-refractivity contribution is 6.00. The van der Waals surface area contributed by atoms with Crippen LogP contribution in [0.15, 0.2) is 72.8 Å². The summed E-state index contributed by atoms with van der Waals surface area (Å²) in [6.07, 6.45) is -1.73. The van der Waals surface area contributed by atoms with Crippen molar-refractivity contribution in [3.05, 3.63) is 101 Å². The molecule has 5 atom stereocenters. The average molecular weight is 590 g/mol. The highest BCUT2D eigenvalue weighted by Gasteiger charge is 2.78. The van der Waals surface area contributed by atoms with E-state index in [-0.39, 0.29) is 24.3 Å². The van der Waals surface area contributed by atoms with Gasteiger partial charge in [0.2, 0.25) is 5.91 Å². The molecule has 2 aliphatic heterocycles. The molecule has 3 fully saturated rings. The number of alkyl halides is 2. The van der Waals surface area contributed by atoms with Crippen LogP contribution in [0.25, 0.3) is 0 Å². The molecule has 0 radical (unpaired) electrons. The number of aryl methyl sites for hydroxylation is 1. The predicted octanol–water partition coefficient (Wildman–Crippen LogP) is 3.67. The Hall–Kier alpha value is -4.31. The molecule has 6 rings (SSSR count). The van der Waals surface area contributed by atoms with Gasteiger partial charge in [-0.05, 0) is 56.0 Å². The largest absolute Gasteiger partial charge is 0.508 e. The Balaban J connectivity index is 1.30. The van der Waals surface area contributed by atoms with E-state index >= 15 is 8.78 Å². The Bertz CT molecular complexity index is 1630. The first-order chi connectivity index (χ1) is 20.3. The number of hydrogen-bond donors (Lipinski definition) is 3. The van der Waals surface area contributed by atoms with Crippen LogP contribution in [0.1, 0.15) is 51.9 Å². The van der Waals surface area contributed by atoms with Crippen molar-refractivity contribution in [1.82, 2.24) is 15.1 Å². The van der Waals surface area contributed by atoms with Gasteiger partial charge in [0, 0.05) is 23.6 Å². The molecule has 3 N–H and O–H groups in total. The number of β-lactam (4-membered cyclic amide) rings is 1. The molecule has 0 spiro atoms. The number of nitrogens with zero attached hydrogens (tertiary/aromatic N) is 2. The number of benzene rings is 3. The maximum atomic E-state index is 15.7. The first kappa shape index (κ1) is 28.8. The Labute approximate surface area is 247 Å². The van der Waals surface area contributed by atoms with E-state index in [1.165, 1.54) is 25.1 Å². The second kappa shape index (κ2) is 9.87. The standard InChI is InChI=1S/C33H33F2N3O5/c1-19-10-7-8-13-22(19)17-38-29(42)26-31(38,3)33(34,35)18-37(26)30(43)27(40)32(16-24(32)21-11-5-4-6-12-21)36-28(41)23-14-9-15-25(39)20(23)2/h4-15,24,26-27,39-40H,16-18H2,1-3H3,(H,36,41)/t24-,26+,27+,31?,32+/m0/s1. The van der Waals surface area contributed by atoms with Gasteiger partial charge in [0.1, 0.15) is 17.3 Å². The number of aliphatic hydroxyl groups excluding tert-OH is 1. The minimum atomic E-state index is -3.44. The van der Waals surface area contributed by atoms with E-state index in [1.54, 1.807) is 43.3 Å². The number of nitrogens with one attached hydrogen (secondary N) is 1. The summed E-state index contributed by atoms with van der Waals surface area (Å²) in [5, 5.41) is 24.5. The highest BCUT2D eigenvalue weighted by Crippen LogP contribution is 2.57. The lowest BCUT2D eigenvalue weighted by molar-refractivity contribution is -0.193. The molecule has 8 nitrogen and oxygen atoms in total. The molecule has 224 valence electrons. The lowest BCUT2D eigenvalue weighted by Gasteiger charge is -2.54. The van der Waals surface area contributed by atoms with Gasteiger partial charge in [-0.15, -0.1) is 0 Å². The van der Waals surface area contributed by atoms with Crippen molar-refractivity contribution in [1.29, 1.82) is 0 Å². The molecule has 3 amide bonds. The molecular formula is C33H33F2N3O5. The number of halogens is 2. The van der Waals surface area contributed by atoms with E-state index in [9.17, 15) is 24.6 Å². The normalized spacial score (nSPS) is 27.7. The van der Waals surface area contributed by atoms with Gasteiger partial charge in [-0.2, -0.15) is 0 Å². The van der Waals surface area contributed by atoms with Crippen molar-refractivity contribution in [3.8, 4) is 5.75 Å². The van der Waals surface area contributed by atoms with Gasteiger partial charge in [0.05, 0.1) is 12.1 Å². The first-order valence-corrected chi connectivity index (χ1v) is 14.2. The van der Waals surface area contributed by atoms with Gasteiger partial charge < -0.3 is 25.3 Å². The molecular weight excluding hydrogens is 556 g/mol. The summed E-state index contributed by atoms with van der Waals surface area (Å²) in [5.41, 5.74) is -0.663. The Morgan fingerprint density at radius 3 is 2.40 bits per heavy atom. The number of carbonyl (C=O) groups excluding carboxylic acids is 3. The van der Waals surface area contributed by atoms with Crippen molar-refractivity contribution in [2.45, 2.75) is 68.8 Å². The summed E-state index contributed by atoms with van der Waals surface area (Å²) in [4.78, 5) is 42.7. The minimum Gasteiger partial charge on any atom is -0.508 e. The number of aliphatic hydroxyl groups is 1. The molecule has 3 aromatic carbocycles. The average Bonchev–Trinajstić information content (AvgIpc) is 3.67. The van der Waals surface area contributed by atoms with Crippen LogP contribution in [0.4, 0.5) is 8.78 Å². The van der Waals surface area contributed by atoms with Crippen LogP contribution >= 0.6 is 0 Å². The van der Waals surface area contributed by atoms with Gasteiger partial charge in [0.25, 0.3) is 17.7 Å². The molecule has 2 heterocycles.